The minimum atomic E-state index is 0.159. The topological polar surface area (TPSA) is 74.8 Å². The average molecular weight is 674 g/mol. The lowest BCUT2D eigenvalue weighted by molar-refractivity contribution is 0.102. The predicted octanol–water partition coefficient (Wildman–Crippen LogP) is 6.49. The Bertz CT molecular complexity index is 768. The van der Waals surface area contributed by atoms with Crippen molar-refractivity contribution >= 4 is 63.7 Å². The Morgan fingerprint density at radius 1 is 0.833 bits per heavy atom. The SMILES string of the molecule is C(OCC1CO1)C1CO1.CCC(c1cc(Br)c(O)c(Br)c1)c1cc(Br)c(O)c(Br)c1. The number of phenolic OH excluding ortho intramolecular Hbond substituents is 2. The molecular weight excluding hydrogens is 652 g/mol. The van der Waals surface area contributed by atoms with Crippen LogP contribution in [0.4, 0.5) is 0 Å². The van der Waals surface area contributed by atoms with Gasteiger partial charge < -0.3 is 24.4 Å². The molecule has 2 aromatic carbocycles. The molecule has 0 saturated carbocycles. The number of hydrogen-bond acceptors (Lipinski definition) is 5. The van der Waals surface area contributed by atoms with Crippen molar-refractivity contribution in [2.24, 2.45) is 0 Å². The van der Waals surface area contributed by atoms with Crippen molar-refractivity contribution in [3.8, 4) is 11.5 Å². The molecule has 0 amide bonds. The lowest BCUT2D eigenvalue weighted by Gasteiger charge is -2.19. The lowest BCUT2D eigenvalue weighted by Crippen LogP contribution is -2.06. The van der Waals surface area contributed by atoms with Gasteiger partial charge in [0.05, 0.1) is 44.3 Å². The van der Waals surface area contributed by atoms with Crippen LogP contribution in [0.5, 0.6) is 11.5 Å². The van der Waals surface area contributed by atoms with Gasteiger partial charge in [0.15, 0.2) is 0 Å². The third kappa shape index (κ3) is 6.92. The van der Waals surface area contributed by atoms with E-state index in [-0.39, 0.29) is 17.4 Å². The van der Waals surface area contributed by atoms with Crippen LogP contribution in [0.25, 0.3) is 0 Å². The van der Waals surface area contributed by atoms with Crippen molar-refractivity contribution in [3.05, 3.63) is 53.3 Å². The minimum Gasteiger partial charge on any atom is -0.506 e. The Balaban J connectivity index is 0.000000234. The number of epoxide rings is 2. The summed E-state index contributed by atoms with van der Waals surface area (Å²) in [6.45, 7) is 5.37. The third-order valence-electron chi connectivity index (χ3n) is 4.70. The molecule has 0 aliphatic carbocycles. The standard InChI is InChI=1S/C15H12Br4O2.C6H10O3/c1-2-9(7-3-10(16)14(20)11(17)4-7)8-5-12(18)15(21)13(19)6-8;1(5-3-8-5)7-2-6-4-9-6/h3-6,9,20-21H,2H2,1H3;5-6H,1-4H2. The van der Waals surface area contributed by atoms with Crippen LogP contribution in [-0.4, -0.2) is 48.8 Å². The van der Waals surface area contributed by atoms with Crippen molar-refractivity contribution in [2.45, 2.75) is 31.5 Å². The van der Waals surface area contributed by atoms with Crippen LogP contribution in [0.15, 0.2) is 42.2 Å². The molecule has 0 bridgehead atoms. The fourth-order valence-corrected chi connectivity index (χ4v) is 5.34. The van der Waals surface area contributed by atoms with Gasteiger partial charge in [-0.25, -0.2) is 0 Å². The van der Waals surface area contributed by atoms with Crippen LogP contribution in [0.2, 0.25) is 0 Å². The molecule has 0 aromatic heterocycles. The second-order valence-electron chi connectivity index (χ2n) is 7.08. The molecule has 2 unspecified atom stereocenters. The molecule has 164 valence electrons. The number of ether oxygens (including phenoxy) is 3. The molecule has 30 heavy (non-hydrogen) atoms. The molecule has 2 atom stereocenters. The first-order valence-electron chi connectivity index (χ1n) is 9.46. The summed E-state index contributed by atoms with van der Waals surface area (Å²) in [5.41, 5.74) is 2.16. The number of aromatic hydroxyl groups is 2. The minimum absolute atomic E-state index is 0.159. The normalized spacial score (nSPS) is 19.4. The molecule has 2 aromatic rings. The van der Waals surface area contributed by atoms with E-state index in [1.54, 1.807) is 0 Å². The van der Waals surface area contributed by atoms with E-state index >= 15 is 0 Å². The van der Waals surface area contributed by atoms with E-state index in [1.807, 2.05) is 24.3 Å². The van der Waals surface area contributed by atoms with E-state index in [0.717, 1.165) is 44.0 Å². The molecule has 2 heterocycles. The fraction of sp³-hybridized carbons (Fsp3) is 0.429. The second kappa shape index (κ2) is 11.1. The van der Waals surface area contributed by atoms with Gasteiger partial charge in [-0.1, -0.05) is 6.92 Å². The quantitative estimate of drug-likeness (QED) is 0.329. The Morgan fingerprint density at radius 3 is 1.43 bits per heavy atom. The molecule has 2 N–H and O–H groups in total. The van der Waals surface area contributed by atoms with Crippen molar-refractivity contribution in [1.82, 2.24) is 0 Å². The average Bonchev–Trinajstić information content (AvgIpc) is 3.61. The van der Waals surface area contributed by atoms with Gasteiger partial charge in [-0.2, -0.15) is 0 Å². The van der Waals surface area contributed by atoms with Gasteiger partial charge in [0.1, 0.15) is 23.7 Å². The molecule has 4 rings (SSSR count). The highest BCUT2D eigenvalue weighted by atomic mass is 79.9. The van der Waals surface area contributed by atoms with E-state index in [9.17, 15) is 10.2 Å². The predicted molar refractivity (Wildman–Crippen MR) is 129 cm³/mol. The Morgan fingerprint density at radius 2 is 1.17 bits per heavy atom. The zero-order valence-electron chi connectivity index (χ0n) is 16.2. The monoisotopic (exact) mass is 670 g/mol. The summed E-state index contributed by atoms with van der Waals surface area (Å²) >= 11 is 13.5. The first-order valence-corrected chi connectivity index (χ1v) is 12.6. The van der Waals surface area contributed by atoms with E-state index in [2.05, 4.69) is 70.6 Å². The Labute approximate surface area is 209 Å². The van der Waals surface area contributed by atoms with Crippen LogP contribution in [0.1, 0.15) is 30.4 Å². The Hall–Kier alpha value is -0.160. The highest BCUT2D eigenvalue weighted by Crippen LogP contribution is 2.41. The summed E-state index contributed by atoms with van der Waals surface area (Å²) in [5, 5.41) is 19.7. The van der Waals surface area contributed by atoms with Gasteiger partial charge in [0, 0.05) is 5.92 Å². The largest absolute Gasteiger partial charge is 0.506 e. The summed E-state index contributed by atoms with van der Waals surface area (Å²) < 4.78 is 17.7. The smallest absolute Gasteiger partial charge is 0.143 e. The number of phenols is 2. The van der Waals surface area contributed by atoms with Gasteiger partial charge in [0.25, 0.3) is 0 Å². The van der Waals surface area contributed by atoms with Crippen LogP contribution >= 0.6 is 63.7 Å². The van der Waals surface area contributed by atoms with Crippen molar-refractivity contribution in [3.63, 3.8) is 0 Å². The van der Waals surface area contributed by atoms with Gasteiger partial charge in [0.2, 0.25) is 0 Å². The molecule has 0 radical (unpaired) electrons. The van der Waals surface area contributed by atoms with Gasteiger partial charge >= 0.3 is 0 Å². The van der Waals surface area contributed by atoms with Crippen molar-refractivity contribution in [2.75, 3.05) is 26.4 Å². The van der Waals surface area contributed by atoms with E-state index in [0.29, 0.717) is 30.1 Å². The summed E-state index contributed by atoms with van der Waals surface area (Å²) in [4.78, 5) is 0. The summed E-state index contributed by atoms with van der Waals surface area (Å²) in [5.74, 6) is 0.551. The molecule has 2 aliphatic rings. The third-order valence-corrected chi connectivity index (χ3v) is 7.12. The molecule has 5 nitrogen and oxygen atoms in total. The van der Waals surface area contributed by atoms with E-state index < -0.39 is 0 Å². The van der Waals surface area contributed by atoms with Crippen LogP contribution in [0, 0.1) is 0 Å². The van der Waals surface area contributed by atoms with Crippen molar-refractivity contribution in [1.29, 1.82) is 0 Å². The lowest BCUT2D eigenvalue weighted by atomic mass is 9.89. The fourth-order valence-electron chi connectivity index (χ4n) is 2.90. The number of hydrogen-bond donors (Lipinski definition) is 2. The van der Waals surface area contributed by atoms with E-state index in [1.165, 1.54) is 0 Å². The molecule has 2 aliphatic heterocycles. The zero-order valence-corrected chi connectivity index (χ0v) is 22.6. The van der Waals surface area contributed by atoms with Gasteiger partial charge in [-0.3, -0.25) is 0 Å². The highest BCUT2D eigenvalue weighted by Gasteiger charge is 2.26. The maximum Gasteiger partial charge on any atom is 0.143 e. The first kappa shape index (κ1) is 24.5. The summed E-state index contributed by atoms with van der Waals surface area (Å²) in [7, 11) is 0. The zero-order chi connectivity index (χ0) is 21.8. The molecule has 0 spiro atoms. The second-order valence-corrected chi connectivity index (χ2v) is 10.5. The van der Waals surface area contributed by atoms with Crippen LogP contribution < -0.4 is 0 Å². The number of rotatable bonds is 7. The molecule has 2 fully saturated rings. The van der Waals surface area contributed by atoms with Gasteiger partial charge in [-0.05, 0) is 106 Å². The van der Waals surface area contributed by atoms with Gasteiger partial charge in [-0.15, -0.1) is 0 Å². The summed E-state index contributed by atoms with van der Waals surface area (Å²) in [6, 6.07) is 7.68. The maximum atomic E-state index is 9.84. The Kier molecular flexibility index (Phi) is 9.07. The molecule has 9 heteroatoms. The number of halogens is 4. The molecular formula is C21H22Br4O5. The highest BCUT2D eigenvalue weighted by molar-refractivity contribution is 9.11. The van der Waals surface area contributed by atoms with Crippen LogP contribution in [-0.2, 0) is 14.2 Å². The van der Waals surface area contributed by atoms with Crippen molar-refractivity contribution < 1.29 is 24.4 Å². The van der Waals surface area contributed by atoms with Crippen LogP contribution in [0.3, 0.4) is 0 Å². The summed E-state index contributed by atoms with van der Waals surface area (Å²) in [6.07, 6.45) is 1.68. The van der Waals surface area contributed by atoms with E-state index in [4.69, 9.17) is 14.2 Å². The first-order chi connectivity index (χ1) is 14.3. The molecule has 2 saturated heterocycles. The number of benzene rings is 2. The maximum absolute atomic E-state index is 9.84.